The zero-order chi connectivity index (χ0) is 11.8. The van der Waals surface area contributed by atoms with Crippen molar-refractivity contribution in [2.45, 2.75) is 25.2 Å². The molecule has 0 radical (unpaired) electrons. The molecule has 0 saturated carbocycles. The van der Waals surface area contributed by atoms with Gasteiger partial charge in [-0.25, -0.2) is 15.0 Å². The highest BCUT2D eigenvalue weighted by molar-refractivity contribution is 5.81. The molecule has 1 aliphatic heterocycles. The average Bonchev–Trinajstić information content (AvgIpc) is 2.94. The van der Waals surface area contributed by atoms with Gasteiger partial charge in [-0.3, -0.25) is 4.57 Å². The smallest absolute Gasteiger partial charge is 0.167 e. The van der Waals surface area contributed by atoms with E-state index in [2.05, 4.69) is 15.0 Å². The molecule has 1 aliphatic rings. The summed E-state index contributed by atoms with van der Waals surface area (Å²) in [5.74, 6) is 0.366. The zero-order valence-corrected chi connectivity index (χ0v) is 9.15. The minimum Gasteiger partial charge on any atom is -0.394 e. The number of aliphatic hydroxyl groups excluding tert-OH is 1. The predicted molar refractivity (Wildman–Crippen MR) is 60.0 cm³/mol. The van der Waals surface area contributed by atoms with Gasteiger partial charge in [-0.05, 0) is 12.8 Å². The fraction of sp³-hybridized carbons (Fsp3) is 0.500. The molecule has 90 valence electrons. The van der Waals surface area contributed by atoms with Crippen LogP contribution in [0.4, 0.5) is 5.82 Å². The lowest BCUT2D eigenvalue weighted by atomic mass is 10.5. The topological polar surface area (TPSA) is 99.1 Å². The van der Waals surface area contributed by atoms with Crippen molar-refractivity contribution in [1.29, 1.82) is 0 Å². The molecule has 1 fully saturated rings. The second-order valence-corrected chi connectivity index (χ2v) is 4.06. The van der Waals surface area contributed by atoms with Gasteiger partial charge in [0.2, 0.25) is 0 Å². The first-order valence-electron chi connectivity index (χ1n) is 5.49. The van der Waals surface area contributed by atoms with Crippen LogP contribution in [0.1, 0.15) is 19.1 Å². The van der Waals surface area contributed by atoms with Crippen molar-refractivity contribution >= 4 is 17.0 Å². The fourth-order valence-corrected chi connectivity index (χ4v) is 2.11. The second-order valence-electron chi connectivity index (χ2n) is 4.06. The Bertz CT molecular complexity index is 540. The summed E-state index contributed by atoms with van der Waals surface area (Å²) in [4.78, 5) is 12.2. The van der Waals surface area contributed by atoms with E-state index in [-0.39, 0.29) is 18.9 Å². The van der Waals surface area contributed by atoms with Crippen molar-refractivity contribution < 1.29 is 9.84 Å². The van der Waals surface area contributed by atoms with Crippen molar-refractivity contribution in [1.82, 2.24) is 19.5 Å². The third kappa shape index (κ3) is 1.63. The molecule has 0 unspecified atom stereocenters. The molecule has 1 saturated heterocycles. The van der Waals surface area contributed by atoms with Crippen LogP contribution in [0.15, 0.2) is 12.7 Å². The van der Waals surface area contributed by atoms with E-state index in [4.69, 9.17) is 15.6 Å². The number of nitrogen functional groups attached to an aromatic ring is 1. The average molecular weight is 240 g/mol. The number of nitrogens with two attached hydrogens (primary N) is 1. The Morgan fingerprint density at radius 3 is 3.06 bits per heavy atom. The van der Waals surface area contributed by atoms with Crippen LogP contribution in [0.3, 0.4) is 0 Å². The maximum absolute atomic E-state index is 9.04. The van der Waals surface area contributed by atoms with Gasteiger partial charge >= 0.3 is 0 Å². The number of anilines is 1. The number of rotatable bonds is 2. The van der Waals surface area contributed by atoms with Crippen molar-refractivity contribution in [2.75, 3.05) is 12.3 Å². The highest BCUT2D eigenvalue weighted by Gasteiger charge is 2.27. The zero-order valence-electron chi connectivity index (χ0n) is 9.15. The molecule has 3 heterocycles. The van der Waals surface area contributed by atoms with Gasteiger partial charge in [0.1, 0.15) is 18.1 Å². The maximum atomic E-state index is 9.04. The number of fused-ring (bicyclic) bond motifs is 1. The van der Waals surface area contributed by atoms with Gasteiger partial charge in [-0.2, -0.15) is 0 Å². The van der Waals surface area contributed by atoms with Crippen molar-refractivity contribution in [2.24, 2.45) is 0 Å². The van der Waals surface area contributed by atoms with E-state index >= 15 is 0 Å². The van der Waals surface area contributed by atoms with E-state index in [9.17, 15) is 0 Å². The van der Waals surface area contributed by atoms with Crippen LogP contribution in [-0.2, 0) is 4.74 Å². The molecular formula is C10H13N5O2. The lowest BCUT2D eigenvalue weighted by molar-refractivity contribution is -0.0207. The summed E-state index contributed by atoms with van der Waals surface area (Å²) in [6.45, 7) is 0.0419. The number of aliphatic hydroxyl groups is 1. The summed E-state index contributed by atoms with van der Waals surface area (Å²) in [5.41, 5.74) is 6.97. The molecule has 0 aliphatic carbocycles. The van der Waals surface area contributed by atoms with E-state index in [1.54, 1.807) is 6.33 Å². The van der Waals surface area contributed by atoms with Crippen LogP contribution in [0.2, 0.25) is 0 Å². The summed E-state index contributed by atoms with van der Waals surface area (Å²) in [6.07, 6.45) is 4.50. The molecule has 17 heavy (non-hydrogen) atoms. The summed E-state index contributed by atoms with van der Waals surface area (Å²) in [7, 11) is 0. The van der Waals surface area contributed by atoms with Gasteiger partial charge in [0.15, 0.2) is 11.5 Å². The summed E-state index contributed by atoms with van der Waals surface area (Å²) in [6, 6.07) is 0. The standard InChI is InChI=1S/C10H13N5O2/c11-9-8-10(13-4-12-9)15(5-14-8)7-2-1-6(3-16)17-7/h4-7,16H,1-3H2,(H2,11,12,13)/t6-,7+/m0/s1/i1+1,2+1,3+1,6+1,7+1. The molecule has 3 rings (SSSR count). The largest absolute Gasteiger partial charge is 0.394 e. The SMILES string of the molecule is Nc1ncnc2c1ncn2[13C@H]1[13CH2][13CH2][13C@@H]([13CH2]O)O1. The van der Waals surface area contributed by atoms with Crippen molar-refractivity contribution in [3.63, 3.8) is 0 Å². The van der Waals surface area contributed by atoms with Crippen LogP contribution in [0.5, 0.6) is 0 Å². The summed E-state index contributed by atoms with van der Waals surface area (Å²) >= 11 is 0. The Balaban J connectivity index is 1.99. The summed E-state index contributed by atoms with van der Waals surface area (Å²) < 4.78 is 7.51. The Kier molecular flexibility index (Phi) is 2.41. The second kappa shape index (κ2) is 3.94. The molecule has 2 aromatic heterocycles. The Hall–Kier alpha value is -1.73. The third-order valence-electron chi connectivity index (χ3n) is 2.99. The van der Waals surface area contributed by atoms with Crippen molar-refractivity contribution in [3.05, 3.63) is 12.7 Å². The van der Waals surface area contributed by atoms with Crippen LogP contribution in [0, 0.1) is 0 Å². The quantitative estimate of drug-likeness (QED) is 0.721. The molecule has 0 bridgehead atoms. The van der Waals surface area contributed by atoms with Gasteiger partial charge in [0, 0.05) is 0 Å². The van der Waals surface area contributed by atoms with Gasteiger partial charge < -0.3 is 15.6 Å². The molecule has 0 amide bonds. The van der Waals surface area contributed by atoms with Crippen LogP contribution in [-0.4, -0.2) is 37.3 Å². The van der Waals surface area contributed by atoms with Gasteiger partial charge in [0.25, 0.3) is 0 Å². The highest BCUT2D eigenvalue weighted by atomic mass is 16.7. The van der Waals surface area contributed by atoms with Gasteiger partial charge in [-0.15, -0.1) is 0 Å². The Morgan fingerprint density at radius 2 is 2.29 bits per heavy atom. The molecule has 2 aromatic rings. The molecular weight excluding hydrogens is 227 g/mol. The van der Waals surface area contributed by atoms with E-state index in [1.807, 2.05) is 4.57 Å². The minimum atomic E-state index is -0.133. The molecule has 0 spiro atoms. The molecule has 0 aromatic carbocycles. The van der Waals surface area contributed by atoms with Crippen molar-refractivity contribution in [3.8, 4) is 0 Å². The first-order valence-corrected chi connectivity index (χ1v) is 5.49. The van der Waals surface area contributed by atoms with E-state index in [1.165, 1.54) is 6.33 Å². The fourth-order valence-electron chi connectivity index (χ4n) is 2.11. The van der Waals surface area contributed by atoms with E-state index in [0.29, 0.717) is 17.0 Å². The number of nitrogens with zero attached hydrogens (tertiary/aromatic N) is 4. The monoisotopic (exact) mass is 240 g/mol. The Labute approximate surface area is 97.3 Å². The number of hydrogen-bond donors (Lipinski definition) is 2. The predicted octanol–water partition coefficient (Wildman–Crippen LogP) is 0.0784. The number of hydrogen-bond acceptors (Lipinski definition) is 6. The number of imidazole rings is 1. The lowest BCUT2D eigenvalue weighted by Crippen LogP contribution is -2.14. The Morgan fingerprint density at radius 1 is 1.41 bits per heavy atom. The number of ether oxygens (including phenoxy) is 1. The molecule has 7 nitrogen and oxygen atoms in total. The van der Waals surface area contributed by atoms with Crippen LogP contribution < -0.4 is 5.73 Å². The maximum Gasteiger partial charge on any atom is 0.167 e. The van der Waals surface area contributed by atoms with E-state index < -0.39 is 0 Å². The number of aromatic nitrogens is 4. The molecule has 2 atom stereocenters. The first-order chi connectivity index (χ1) is 8.29. The summed E-state index contributed by atoms with van der Waals surface area (Å²) in [5, 5.41) is 9.04. The first kappa shape index (κ1) is 10.4. The molecule has 7 heteroatoms. The highest BCUT2D eigenvalue weighted by Crippen LogP contribution is 2.30. The van der Waals surface area contributed by atoms with E-state index in [0.717, 1.165) is 12.8 Å². The molecule has 3 N–H and O–H groups in total. The van der Waals surface area contributed by atoms with Gasteiger partial charge in [-0.1, -0.05) is 0 Å². The third-order valence-corrected chi connectivity index (χ3v) is 2.99. The normalized spacial score (nSPS) is 24.5. The van der Waals surface area contributed by atoms with Crippen LogP contribution in [0.25, 0.3) is 11.2 Å². The lowest BCUT2D eigenvalue weighted by Gasteiger charge is -2.13. The van der Waals surface area contributed by atoms with Gasteiger partial charge in [0.05, 0.1) is 19.0 Å². The van der Waals surface area contributed by atoms with Crippen LogP contribution >= 0.6 is 0 Å². The minimum absolute atomic E-state index is 0.0419.